The molecule has 32 heavy (non-hydrogen) atoms. The number of nitrogens with one attached hydrogen (secondary N) is 1. The smallest absolute Gasteiger partial charge is 0.225 e. The van der Waals surface area contributed by atoms with Crippen molar-refractivity contribution in [2.75, 3.05) is 17.6 Å². The third-order valence-electron chi connectivity index (χ3n) is 5.16. The molecule has 1 aliphatic heterocycles. The lowest BCUT2D eigenvalue weighted by atomic mass is 10.0. The Balaban J connectivity index is 0.00000289. The maximum Gasteiger partial charge on any atom is 0.225 e. The molecule has 0 saturated carbocycles. The minimum absolute atomic E-state index is 0. The molecule has 1 aliphatic rings. The van der Waals surface area contributed by atoms with E-state index in [1.54, 1.807) is 23.1 Å². The zero-order valence-electron chi connectivity index (χ0n) is 17.3. The van der Waals surface area contributed by atoms with E-state index < -0.39 is 0 Å². The zero-order valence-corrected chi connectivity index (χ0v) is 20.5. The summed E-state index contributed by atoms with van der Waals surface area (Å²) in [6.45, 7) is 2.62. The number of carbonyl (C=O) groups excluding carboxylic acids is 1. The van der Waals surface area contributed by atoms with Gasteiger partial charge in [0.15, 0.2) is 0 Å². The highest BCUT2D eigenvalue weighted by Crippen LogP contribution is 2.37. The molecular formula is C24H23Cl2N3OS2. The van der Waals surface area contributed by atoms with Crippen LogP contribution >= 0.6 is 47.1 Å². The van der Waals surface area contributed by atoms with E-state index in [2.05, 4.69) is 40.6 Å². The molecule has 2 aromatic carbocycles. The summed E-state index contributed by atoms with van der Waals surface area (Å²) in [4.78, 5) is 17.1. The number of thioether (sulfide) groups is 1. The second kappa shape index (κ2) is 11.7. The molecule has 1 aromatic heterocycles. The van der Waals surface area contributed by atoms with E-state index in [-0.39, 0.29) is 18.3 Å². The quantitative estimate of drug-likeness (QED) is 0.380. The number of fused-ring (bicyclic) bond motifs is 1. The molecule has 4 rings (SSSR count). The molecule has 2 heterocycles. The number of nitrogens with zero attached hydrogens (tertiary/aromatic N) is 2. The molecule has 0 fully saturated rings. The van der Waals surface area contributed by atoms with Gasteiger partial charge in [-0.1, -0.05) is 41.9 Å². The van der Waals surface area contributed by atoms with E-state index in [1.165, 1.54) is 10.4 Å². The van der Waals surface area contributed by atoms with E-state index in [0.29, 0.717) is 27.8 Å². The van der Waals surface area contributed by atoms with Crippen LogP contribution in [0.4, 0.5) is 5.00 Å². The van der Waals surface area contributed by atoms with Crippen LogP contribution in [0.5, 0.6) is 0 Å². The summed E-state index contributed by atoms with van der Waals surface area (Å²) in [6.07, 6.45) is 1.23. The summed E-state index contributed by atoms with van der Waals surface area (Å²) in [7, 11) is 0. The van der Waals surface area contributed by atoms with Crippen LogP contribution in [0.15, 0.2) is 59.5 Å². The first kappa shape index (κ1) is 24.6. The number of amides is 1. The van der Waals surface area contributed by atoms with Crippen LogP contribution < -0.4 is 5.32 Å². The van der Waals surface area contributed by atoms with Crippen molar-refractivity contribution >= 4 is 58.0 Å². The van der Waals surface area contributed by atoms with E-state index in [0.717, 1.165) is 36.5 Å². The number of hydrogen-bond acceptors (Lipinski definition) is 5. The highest BCUT2D eigenvalue weighted by atomic mass is 35.5. The number of anilines is 1. The molecule has 1 N–H and O–H groups in total. The summed E-state index contributed by atoms with van der Waals surface area (Å²) in [5.74, 6) is 0.614. The van der Waals surface area contributed by atoms with Crippen LogP contribution in [0.1, 0.15) is 28.0 Å². The Bertz CT molecular complexity index is 1090. The Morgan fingerprint density at radius 1 is 1.19 bits per heavy atom. The van der Waals surface area contributed by atoms with Gasteiger partial charge in [0.1, 0.15) is 11.1 Å². The van der Waals surface area contributed by atoms with Gasteiger partial charge >= 0.3 is 0 Å². The van der Waals surface area contributed by atoms with Crippen molar-refractivity contribution in [3.05, 3.63) is 81.2 Å². The maximum absolute atomic E-state index is 12.5. The summed E-state index contributed by atoms with van der Waals surface area (Å²) >= 11 is 9.07. The third kappa shape index (κ3) is 6.28. The van der Waals surface area contributed by atoms with Crippen LogP contribution in [0, 0.1) is 11.3 Å². The molecule has 0 unspecified atom stereocenters. The van der Waals surface area contributed by atoms with Gasteiger partial charge in [-0.15, -0.1) is 35.5 Å². The molecule has 1 amide bonds. The second-order valence-electron chi connectivity index (χ2n) is 7.37. The van der Waals surface area contributed by atoms with Crippen LogP contribution in [0.25, 0.3) is 0 Å². The number of hydrogen-bond donors (Lipinski definition) is 1. The second-order valence-corrected chi connectivity index (χ2v) is 10.1. The molecule has 0 spiro atoms. The average molecular weight is 505 g/mol. The van der Waals surface area contributed by atoms with E-state index >= 15 is 0 Å². The lowest BCUT2D eigenvalue weighted by Gasteiger charge is -2.26. The Labute approximate surface area is 208 Å². The Morgan fingerprint density at radius 2 is 1.94 bits per heavy atom. The third-order valence-corrected chi connectivity index (χ3v) is 7.56. The topological polar surface area (TPSA) is 56.1 Å². The van der Waals surface area contributed by atoms with Crippen LogP contribution in [-0.2, 0) is 24.3 Å². The van der Waals surface area contributed by atoms with Gasteiger partial charge in [-0.25, -0.2) is 0 Å². The van der Waals surface area contributed by atoms with Gasteiger partial charge in [0.05, 0.1) is 5.56 Å². The standard InChI is InChI=1S/C24H22ClN3OS2.ClH/c25-18-6-8-19(9-7-18)30-13-11-23(29)27-24-21(14-26)20-10-12-28(16-22(20)31-24)15-17-4-2-1-3-5-17;/h1-9H,10-13,15-16H2,(H,27,29);1H. The highest BCUT2D eigenvalue weighted by Gasteiger charge is 2.25. The van der Waals surface area contributed by atoms with Crippen LogP contribution in [0.3, 0.4) is 0 Å². The fraction of sp³-hybridized carbons (Fsp3) is 0.250. The Morgan fingerprint density at radius 3 is 2.66 bits per heavy atom. The van der Waals surface area contributed by atoms with Crippen molar-refractivity contribution in [1.82, 2.24) is 4.90 Å². The predicted octanol–water partition coefficient (Wildman–Crippen LogP) is 6.37. The number of rotatable bonds is 7. The molecule has 0 saturated heterocycles. The molecule has 3 aromatic rings. The lowest BCUT2D eigenvalue weighted by molar-refractivity contribution is -0.115. The SMILES string of the molecule is Cl.N#Cc1c(NC(=O)CCSc2ccc(Cl)cc2)sc2c1CCN(Cc1ccccc1)C2. The minimum atomic E-state index is -0.0577. The summed E-state index contributed by atoms with van der Waals surface area (Å²) < 4.78 is 0. The number of nitriles is 1. The first-order valence-corrected chi connectivity index (χ1v) is 12.3. The number of benzene rings is 2. The summed E-state index contributed by atoms with van der Waals surface area (Å²) in [5.41, 5.74) is 3.02. The maximum atomic E-state index is 12.5. The molecule has 0 radical (unpaired) electrons. The molecule has 0 aliphatic carbocycles. The Hall–Kier alpha value is -2.01. The highest BCUT2D eigenvalue weighted by molar-refractivity contribution is 7.99. The van der Waals surface area contributed by atoms with Crippen molar-refractivity contribution in [3.63, 3.8) is 0 Å². The zero-order chi connectivity index (χ0) is 21.6. The minimum Gasteiger partial charge on any atom is -0.317 e. The first-order chi connectivity index (χ1) is 15.1. The van der Waals surface area contributed by atoms with Crippen molar-refractivity contribution in [2.45, 2.75) is 30.8 Å². The average Bonchev–Trinajstić information content (AvgIpc) is 3.12. The molecular weight excluding hydrogens is 481 g/mol. The van der Waals surface area contributed by atoms with Gasteiger partial charge in [-0.3, -0.25) is 9.69 Å². The van der Waals surface area contributed by atoms with Gasteiger partial charge < -0.3 is 5.32 Å². The monoisotopic (exact) mass is 503 g/mol. The largest absolute Gasteiger partial charge is 0.317 e. The summed E-state index contributed by atoms with van der Waals surface area (Å²) in [6, 6.07) is 20.3. The molecule has 0 bridgehead atoms. The molecule has 4 nitrogen and oxygen atoms in total. The number of thiophene rings is 1. The van der Waals surface area contributed by atoms with Crippen LogP contribution in [0.2, 0.25) is 5.02 Å². The molecule has 0 atom stereocenters. The van der Waals surface area contributed by atoms with Gasteiger partial charge in [-0.05, 0) is 41.8 Å². The molecule has 8 heteroatoms. The van der Waals surface area contributed by atoms with Gasteiger partial charge in [-0.2, -0.15) is 5.26 Å². The first-order valence-electron chi connectivity index (χ1n) is 10.1. The Kier molecular flexibility index (Phi) is 9.03. The number of halogens is 2. The van der Waals surface area contributed by atoms with E-state index in [4.69, 9.17) is 11.6 Å². The van der Waals surface area contributed by atoms with Crippen molar-refractivity contribution in [1.29, 1.82) is 5.26 Å². The van der Waals surface area contributed by atoms with Crippen molar-refractivity contribution in [3.8, 4) is 6.07 Å². The fourth-order valence-electron chi connectivity index (χ4n) is 3.62. The van der Waals surface area contributed by atoms with E-state index in [1.807, 2.05) is 30.3 Å². The van der Waals surface area contributed by atoms with Crippen LogP contribution in [-0.4, -0.2) is 23.1 Å². The number of carbonyl (C=O) groups is 1. The van der Waals surface area contributed by atoms with Crippen molar-refractivity contribution in [2.24, 2.45) is 0 Å². The predicted molar refractivity (Wildman–Crippen MR) is 136 cm³/mol. The van der Waals surface area contributed by atoms with Crippen molar-refractivity contribution < 1.29 is 4.79 Å². The molecule has 166 valence electrons. The van der Waals surface area contributed by atoms with Gasteiger partial charge in [0.2, 0.25) is 5.91 Å². The summed E-state index contributed by atoms with van der Waals surface area (Å²) in [5, 5.41) is 14.1. The normalized spacial score (nSPS) is 13.0. The lowest BCUT2D eigenvalue weighted by Crippen LogP contribution is -2.29. The fourth-order valence-corrected chi connectivity index (χ4v) is 5.86. The van der Waals surface area contributed by atoms with E-state index in [9.17, 15) is 10.1 Å². The van der Waals surface area contributed by atoms with Gasteiger partial charge in [0.25, 0.3) is 0 Å². The van der Waals surface area contributed by atoms with Gasteiger partial charge in [0, 0.05) is 46.6 Å².